The summed E-state index contributed by atoms with van der Waals surface area (Å²) in [4.78, 5) is 11.9. The van der Waals surface area contributed by atoms with Crippen molar-refractivity contribution < 1.29 is 27.1 Å². The number of carbonyl (C=O) groups excluding carboxylic acids is 1. The Morgan fingerprint density at radius 3 is 2.40 bits per heavy atom. The predicted octanol–water partition coefficient (Wildman–Crippen LogP) is 4.28. The fourth-order valence-corrected chi connectivity index (χ4v) is 2.22. The second kappa shape index (κ2) is 8.20. The van der Waals surface area contributed by atoms with Crippen molar-refractivity contribution in [3.05, 3.63) is 64.4 Å². The molecule has 2 rings (SSSR count). The SMILES string of the molecule is O=C(Cc1c(F)cccc1Cl)NCc1ccc(OCC(F)(F)F)cc1. The molecule has 134 valence electrons. The Bertz CT molecular complexity index is 712. The summed E-state index contributed by atoms with van der Waals surface area (Å²) in [5, 5.41) is 2.76. The van der Waals surface area contributed by atoms with Crippen molar-refractivity contribution in [3.63, 3.8) is 0 Å². The van der Waals surface area contributed by atoms with Crippen LogP contribution >= 0.6 is 11.6 Å². The number of alkyl halides is 3. The highest BCUT2D eigenvalue weighted by Gasteiger charge is 2.28. The molecular weight excluding hydrogens is 362 g/mol. The van der Waals surface area contributed by atoms with Crippen LogP contribution in [0.2, 0.25) is 5.02 Å². The minimum Gasteiger partial charge on any atom is -0.484 e. The molecule has 0 aliphatic heterocycles. The van der Waals surface area contributed by atoms with Gasteiger partial charge in [0.05, 0.1) is 6.42 Å². The van der Waals surface area contributed by atoms with E-state index in [4.69, 9.17) is 11.6 Å². The molecule has 0 saturated carbocycles. The Kier molecular flexibility index (Phi) is 6.25. The van der Waals surface area contributed by atoms with Crippen LogP contribution in [-0.2, 0) is 17.8 Å². The highest BCUT2D eigenvalue weighted by atomic mass is 35.5. The fourth-order valence-electron chi connectivity index (χ4n) is 1.99. The van der Waals surface area contributed by atoms with Gasteiger partial charge in [0.1, 0.15) is 11.6 Å². The number of amides is 1. The zero-order chi connectivity index (χ0) is 18.4. The average Bonchev–Trinajstić information content (AvgIpc) is 2.55. The first-order valence-electron chi connectivity index (χ1n) is 7.22. The molecule has 0 spiro atoms. The Labute approximate surface area is 146 Å². The smallest absolute Gasteiger partial charge is 0.422 e. The first-order valence-corrected chi connectivity index (χ1v) is 7.60. The van der Waals surface area contributed by atoms with Gasteiger partial charge in [-0.1, -0.05) is 29.8 Å². The monoisotopic (exact) mass is 375 g/mol. The van der Waals surface area contributed by atoms with Crippen LogP contribution in [-0.4, -0.2) is 18.7 Å². The molecule has 1 N–H and O–H groups in total. The third-order valence-corrected chi connectivity index (χ3v) is 3.57. The van der Waals surface area contributed by atoms with Crippen LogP contribution in [0, 0.1) is 5.82 Å². The summed E-state index contributed by atoms with van der Waals surface area (Å²) in [6.07, 6.45) is -4.61. The van der Waals surface area contributed by atoms with E-state index in [1.807, 2.05) is 0 Å². The van der Waals surface area contributed by atoms with Crippen molar-refractivity contribution in [2.24, 2.45) is 0 Å². The summed E-state index contributed by atoms with van der Waals surface area (Å²) in [5.74, 6) is -0.913. The standard InChI is InChI=1S/C17H14ClF4NO2/c18-14-2-1-3-15(19)13(14)8-16(24)23-9-11-4-6-12(7-5-11)25-10-17(20,21)22/h1-7H,8-10H2,(H,23,24). The molecule has 0 fully saturated rings. The average molecular weight is 376 g/mol. The summed E-state index contributed by atoms with van der Waals surface area (Å²) in [5.41, 5.74) is 0.768. The number of rotatable bonds is 6. The van der Waals surface area contributed by atoms with Gasteiger partial charge in [0.2, 0.25) is 5.91 Å². The summed E-state index contributed by atoms with van der Waals surface area (Å²) < 4.78 is 54.4. The van der Waals surface area contributed by atoms with E-state index in [-0.39, 0.29) is 29.3 Å². The van der Waals surface area contributed by atoms with Crippen LogP contribution in [0.4, 0.5) is 17.6 Å². The van der Waals surface area contributed by atoms with Crippen LogP contribution < -0.4 is 10.1 Å². The normalized spacial score (nSPS) is 11.2. The van der Waals surface area contributed by atoms with Gasteiger partial charge in [0.15, 0.2) is 6.61 Å². The fraction of sp³-hybridized carbons (Fsp3) is 0.235. The molecule has 2 aromatic rings. The summed E-state index contributed by atoms with van der Waals surface area (Å²) >= 11 is 5.86. The lowest BCUT2D eigenvalue weighted by Gasteiger charge is -2.10. The molecular formula is C17H14ClF4NO2. The number of nitrogens with one attached hydrogen (secondary N) is 1. The van der Waals surface area contributed by atoms with Gasteiger partial charge in [0, 0.05) is 17.1 Å². The summed E-state index contributed by atoms with van der Waals surface area (Å²) in [6, 6.07) is 9.97. The van der Waals surface area contributed by atoms with Crippen molar-refractivity contribution >= 4 is 17.5 Å². The van der Waals surface area contributed by atoms with Gasteiger partial charge in [-0.05, 0) is 29.8 Å². The molecule has 0 aliphatic rings. The molecule has 0 unspecified atom stereocenters. The lowest BCUT2D eigenvalue weighted by molar-refractivity contribution is -0.153. The van der Waals surface area contributed by atoms with Gasteiger partial charge in [-0.2, -0.15) is 13.2 Å². The molecule has 0 aliphatic carbocycles. The molecule has 0 saturated heterocycles. The number of halogens is 5. The minimum absolute atomic E-state index is 0.0746. The maximum Gasteiger partial charge on any atom is 0.422 e. The quantitative estimate of drug-likeness (QED) is 0.765. The number of benzene rings is 2. The highest BCUT2D eigenvalue weighted by Crippen LogP contribution is 2.20. The first-order chi connectivity index (χ1) is 11.7. The Balaban J connectivity index is 1.85. The molecule has 0 radical (unpaired) electrons. The third kappa shape index (κ3) is 6.26. The molecule has 2 aromatic carbocycles. The van der Waals surface area contributed by atoms with Gasteiger partial charge in [-0.25, -0.2) is 4.39 Å². The van der Waals surface area contributed by atoms with Gasteiger partial charge in [0.25, 0.3) is 0 Å². The van der Waals surface area contributed by atoms with Crippen molar-refractivity contribution in [1.29, 1.82) is 0 Å². The van der Waals surface area contributed by atoms with Crippen molar-refractivity contribution in [2.75, 3.05) is 6.61 Å². The maximum atomic E-state index is 13.6. The molecule has 3 nitrogen and oxygen atoms in total. The summed E-state index contributed by atoms with van der Waals surface area (Å²) in [7, 11) is 0. The largest absolute Gasteiger partial charge is 0.484 e. The maximum absolute atomic E-state index is 13.6. The van der Waals surface area contributed by atoms with E-state index >= 15 is 0 Å². The summed E-state index contributed by atoms with van der Waals surface area (Å²) in [6.45, 7) is -1.23. The third-order valence-electron chi connectivity index (χ3n) is 3.21. The topological polar surface area (TPSA) is 38.3 Å². The Morgan fingerprint density at radius 2 is 1.80 bits per heavy atom. The minimum atomic E-state index is -4.40. The van der Waals surface area contributed by atoms with Crippen LogP contribution in [0.3, 0.4) is 0 Å². The molecule has 25 heavy (non-hydrogen) atoms. The number of carbonyl (C=O) groups is 1. The molecule has 8 heteroatoms. The second-order valence-corrected chi connectivity index (χ2v) is 5.61. The Morgan fingerprint density at radius 1 is 1.12 bits per heavy atom. The van der Waals surface area contributed by atoms with Gasteiger partial charge < -0.3 is 10.1 Å². The Hall–Kier alpha value is -2.28. The molecule has 0 atom stereocenters. The van der Waals surface area contributed by atoms with Crippen LogP contribution in [0.5, 0.6) is 5.75 Å². The van der Waals surface area contributed by atoms with Gasteiger partial charge >= 0.3 is 6.18 Å². The van der Waals surface area contributed by atoms with Crippen LogP contribution in [0.15, 0.2) is 42.5 Å². The van der Waals surface area contributed by atoms with Crippen LogP contribution in [0.25, 0.3) is 0 Å². The van der Waals surface area contributed by atoms with E-state index in [9.17, 15) is 22.4 Å². The predicted molar refractivity (Wildman–Crippen MR) is 85.0 cm³/mol. The van der Waals surface area contributed by atoms with E-state index in [0.29, 0.717) is 5.56 Å². The molecule has 0 heterocycles. The van der Waals surface area contributed by atoms with Crippen molar-refractivity contribution in [3.8, 4) is 5.75 Å². The first kappa shape index (κ1) is 19.1. The van der Waals surface area contributed by atoms with E-state index in [1.54, 1.807) is 0 Å². The van der Waals surface area contributed by atoms with Crippen molar-refractivity contribution in [2.45, 2.75) is 19.1 Å². The highest BCUT2D eigenvalue weighted by molar-refractivity contribution is 6.31. The molecule has 1 amide bonds. The second-order valence-electron chi connectivity index (χ2n) is 5.20. The van der Waals surface area contributed by atoms with Crippen molar-refractivity contribution in [1.82, 2.24) is 5.32 Å². The number of hydrogen-bond acceptors (Lipinski definition) is 2. The lowest BCUT2D eigenvalue weighted by Crippen LogP contribution is -2.25. The van der Waals surface area contributed by atoms with Gasteiger partial charge in [-0.3, -0.25) is 4.79 Å². The zero-order valence-corrected chi connectivity index (χ0v) is 13.6. The van der Waals surface area contributed by atoms with Gasteiger partial charge in [-0.15, -0.1) is 0 Å². The molecule has 0 bridgehead atoms. The number of ether oxygens (including phenoxy) is 1. The van der Waals surface area contributed by atoms with Crippen LogP contribution in [0.1, 0.15) is 11.1 Å². The zero-order valence-electron chi connectivity index (χ0n) is 12.9. The molecule has 0 aromatic heterocycles. The van der Waals surface area contributed by atoms with E-state index < -0.39 is 24.5 Å². The van der Waals surface area contributed by atoms with E-state index in [0.717, 1.165) is 0 Å². The number of hydrogen-bond donors (Lipinski definition) is 1. The van der Waals surface area contributed by atoms with E-state index in [1.165, 1.54) is 42.5 Å². The lowest BCUT2D eigenvalue weighted by atomic mass is 10.1. The van der Waals surface area contributed by atoms with E-state index in [2.05, 4.69) is 10.1 Å².